The molecule has 2 aromatic carbocycles. The van der Waals surface area contributed by atoms with Crippen molar-refractivity contribution in [3.8, 4) is 22.8 Å². The van der Waals surface area contributed by atoms with Crippen LogP contribution in [0.15, 0.2) is 65.6 Å². The van der Waals surface area contributed by atoms with Crippen molar-refractivity contribution in [2.24, 2.45) is 17.8 Å². The second-order valence-electron chi connectivity index (χ2n) is 13.0. The van der Waals surface area contributed by atoms with Gasteiger partial charge in [0.1, 0.15) is 5.75 Å². The lowest BCUT2D eigenvalue weighted by atomic mass is 9.48. The predicted octanol–water partition coefficient (Wildman–Crippen LogP) is 6.59. The Bertz CT molecular complexity index is 1840. The van der Waals surface area contributed by atoms with E-state index in [4.69, 9.17) is 14.8 Å². The van der Waals surface area contributed by atoms with Crippen LogP contribution in [0.5, 0.6) is 5.75 Å². The summed E-state index contributed by atoms with van der Waals surface area (Å²) in [5.41, 5.74) is 4.13. The minimum atomic E-state index is -0.126. The maximum Gasteiger partial charge on any atom is 0.291 e. The van der Waals surface area contributed by atoms with E-state index < -0.39 is 0 Å². The summed E-state index contributed by atoms with van der Waals surface area (Å²) in [5.74, 6) is 3.83. The number of thiazole rings is 1. The number of rotatable bonds is 9. The molecule has 0 saturated heterocycles. The molecular formula is C35H37N5O2S. The van der Waals surface area contributed by atoms with Gasteiger partial charge in [0, 0.05) is 22.7 Å². The Morgan fingerprint density at radius 2 is 1.67 bits per heavy atom. The molecule has 4 bridgehead atoms. The third-order valence-electron chi connectivity index (χ3n) is 9.90. The number of unbranched alkanes of at least 4 members (excludes halogenated alkanes) is 2. The summed E-state index contributed by atoms with van der Waals surface area (Å²) in [5, 5.41) is 9.88. The Labute approximate surface area is 255 Å². The van der Waals surface area contributed by atoms with Crippen LogP contribution < -0.4 is 14.8 Å². The first-order valence-corrected chi connectivity index (χ1v) is 16.7. The minimum absolute atomic E-state index is 0.109. The summed E-state index contributed by atoms with van der Waals surface area (Å²) < 4.78 is 9.96. The summed E-state index contributed by atoms with van der Waals surface area (Å²) in [7, 11) is 0. The van der Waals surface area contributed by atoms with Crippen LogP contribution in [-0.2, 0) is 5.41 Å². The van der Waals surface area contributed by atoms with E-state index >= 15 is 0 Å². The summed E-state index contributed by atoms with van der Waals surface area (Å²) in [6, 6.07) is 18.1. The van der Waals surface area contributed by atoms with Gasteiger partial charge in [0.15, 0.2) is 5.82 Å². The average Bonchev–Trinajstić information content (AvgIpc) is 3.71. The maximum atomic E-state index is 13.6. The van der Waals surface area contributed by atoms with Crippen molar-refractivity contribution in [2.45, 2.75) is 70.1 Å². The van der Waals surface area contributed by atoms with E-state index in [0.717, 1.165) is 53.3 Å². The monoisotopic (exact) mass is 591 g/mol. The highest BCUT2D eigenvalue weighted by Crippen LogP contribution is 2.61. The third kappa shape index (κ3) is 4.89. The molecule has 9 rings (SSSR count). The topological polar surface area (TPSA) is 74.3 Å². The fourth-order valence-corrected chi connectivity index (χ4v) is 9.26. The van der Waals surface area contributed by atoms with Crippen molar-refractivity contribution in [2.75, 3.05) is 6.61 Å². The third-order valence-corrected chi connectivity index (χ3v) is 10.9. The predicted molar refractivity (Wildman–Crippen MR) is 170 cm³/mol. The first kappa shape index (κ1) is 26.8. The van der Waals surface area contributed by atoms with Crippen LogP contribution in [0.25, 0.3) is 28.1 Å². The van der Waals surface area contributed by atoms with Gasteiger partial charge in [0.2, 0.25) is 4.96 Å². The van der Waals surface area contributed by atoms with Gasteiger partial charge in [-0.15, -0.1) is 5.10 Å². The molecule has 4 aliphatic rings. The van der Waals surface area contributed by atoms with Crippen molar-refractivity contribution in [1.29, 1.82) is 0 Å². The zero-order valence-electron chi connectivity index (χ0n) is 24.6. The number of fused-ring (bicyclic) bond motifs is 1. The van der Waals surface area contributed by atoms with E-state index in [2.05, 4.69) is 30.4 Å². The molecule has 0 radical (unpaired) electrons. The van der Waals surface area contributed by atoms with Gasteiger partial charge < -0.3 is 4.74 Å². The van der Waals surface area contributed by atoms with Crippen molar-refractivity contribution in [1.82, 2.24) is 24.4 Å². The van der Waals surface area contributed by atoms with Gasteiger partial charge in [-0.2, -0.15) is 14.6 Å². The van der Waals surface area contributed by atoms with Gasteiger partial charge in [-0.05, 0) is 105 Å². The molecule has 4 saturated carbocycles. The summed E-state index contributed by atoms with van der Waals surface area (Å²) >= 11 is 1.40. The van der Waals surface area contributed by atoms with Crippen molar-refractivity contribution in [3.63, 3.8) is 0 Å². The standard InChI is InChI=1S/C35H37N5O2S/c1-2-3-7-14-42-29-12-10-26(11-13-29)32-36-34-40(38-32)33(41)30(43-34)18-27-22-39(28-8-5-4-6-9-28)37-31(27)35-19-23-15-24(20-35)17-25(16-23)21-35/h4-6,8-13,18,22-25H,2-3,7,14-17,19-21H2,1H3/b30-18-. The lowest BCUT2D eigenvalue weighted by Gasteiger charge is -2.56. The highest BCUT2D eigenvalue weighted by atomic mass is 32.1. The van der Waals surface area contributed by atoms with Crippen LogP contribution in [0, 0.1) is 17.8 Å². The summed E-state index contributed by atoms with van der Waals surface area (Å²) in [4.78, 5) is 19.0. The molecule has 0 atom stereocenters. The molecule has 43 heavy (non-hydrogen) atoms. The van der Waals surface area contributed by atoms with E-state index in [0.29, 0.717) is 15.3 Å². The molecule has 0 spiro atoms. The Morgan fingerprint density at radius 1 is 0.953 bits per heavy atom. The van der Waals surface area contributed by atoms with E-state index in [9.17, 15) is 4.79 Å². The van der Waals surface area contributed by atoms with E-state index in [1.807, 2.05) is 53.2 Å². The van der Waals surface area contributed by atoms with E-state index in [1.165, 1.54) is 72.9 Å². The SMILES string of the molecule is CCCCCOc1ccc(-c2nc3s/c(=C\c4cn(-c5ccccc5)nc4C45CC6CC(CC(C6)C4)C5)c(=O)n3n2)cc1. The Morgan fingerprint density at radius 3 is 2.35 bits per heavy atom. The number of benzene rings is 2. The fraction of sp³-hybridized carbons (Fsp3) is 0.429. The van der Waals surface area contributed by atoms with Crippen LogP contribution in [0.4, 0.5) is 0 Å². The zero-order valence-corrected chi connectivity index (χ0v) is 25.4. The van der Waals surface area contributed by atoms with Gasteiger partial charge >= 0.3 is 0 Å². The molecule has 0 amide bonds. The number of ether oxygens (including phenoxy) is 1. The van der Waals surface area contributed by atoms with Crippen LogP contribution in [0.2, 0.25) is 0 Å². The van der Waals surface area contributed by atoms with Gasteiger partial charge in [-0.25, -0.2) is 4.68 Å². The molecule has 0 aliphatic heterocycles. The van der Waals surface area contributed by atoms with Crippen molar-refractivity contribution < 1.29 is 4.74 Å². The molecule has 3 aromatic heterocycles. The maximum absolute atomic E-state index is 13.6. The van der Waals surface area contributed by atoms with E-state index in [-0.39, 0.29) is 11.0 Å². The van der Waals surface area contributed by atoms with Gasteiger partial charge in [0.05, 0.1) is 22.5 Å². The normalized spacial score (nSPS) is 24.8. The summed E-state index contributed by atoms with van der Waals surface area (Å²) in [6.45, 7) is 2.91. The van der Waals surface area contributed by atoms with Gasteiger partial charge in [-0.1, -0.05) is 49.3 Å². The Balaban J connectivity index is 1.14. The second kappa shape index (κ2) is 10.7. The van der Waals surface area contributed by atoms with Gasteiger partial charge in [-0.3, -0.25) is 4.79 Å². The number of nitrogens with zero attached hydrogens (tertiary/aromatic N) is 5. The molecular weight excluding hydrogens is 554 g/mol. The summed E-state index contributed by atoms with van der Waals surface area (Å²) in [6.07, 6.45) is 15.4. The second-order valence-corrected chi connectivity index (χ2v) is 14.0. The molecule has 0 N–H and O–H groups in total. The molecule has 4 fully saturated rings. The number of hydrogen-bond donors (Lipinski definition) is 0. The molecule has 7 nitrogen and oxygen atoms in total. The first-order valence-electron chi connectivity index (χ1n) is 15.9. The van der Waals surface area contributed by atoms with Crippen LogP contribution >= 0.6 is 11.3 Å². The first-order chi connectivity index (χ1) is 21.1. The van der Waals surface area contributed by atoms with Gasteiger partial charge in [0.25, 0.3) is 5.56 Å². The van der Waals surface area contributed by atoms with Crippen molar-refractivity contribution >= 4 is 22.4 Å². The van der Waals surface area contributed by atoms with Crippen LogP contribution in [0.3, 0.4) is 0 Å². The molecule has 4 aliphatic carbocycles. The molecule has 220 valence electrons. The molecule has 0 unspecified atom stereocenters. The molecule has 8 heteroatoms. The van der Waals surface area contributed by atoms with Crippen LogP contribution in [0.1, 0.15) is 76.0 Å². The molecule has 5 aromatic rings. The fourth-order valence-electron chi connectivity index (χ4n) is 8.36. The van der Waals surface area contributed by atoms with Crippen molar-refractivity contribution in [3.05, 3.63) is 86.9 Å². The molecule has 3 heterocycles. The Kier molecular flexibility index (Phi) is 6.70. The van der Waals surface area contributed by atoms with Crippen LogP contribution in [-0.4, -0.2) is 31.0 Å². The number of para-hydroxylation sites is 1. The minimum Gasteiger partial charge on any atom is -0.494 e. The highest BCUT2D eigenvalue weighted by Gasteiger charge is 2.53. The smallest absolute Gasteiger partial charge is 0.291 e. The zero-order chi connectivity index (χ0) is 29.0. The average molecular weight is 592 g/mol. The lowest BCUT2D eigenvalue weighted by Crippen LogP contribution is -2.49. The quantitative estimate of drug-likeness (QED) is 0.181. The highest BCUT2D eigenvalue weighted by molar-refractivity contribution is 7.15. The number of hydrogen-bond acceptors (Lipinski definition) is 6. The lowest BCUT2D eigenvalue weighted by molar-refractivity contribution is -0.00743. The largest absolute Gasteiger partial charge is 0.494 e. The number of aromatic nitrogens is 5. The van der Waals surface area contributed by atoms with E-state index in [1.54, 1.807) is 0 Å². The Hall–Kier alpha value is -3.78.